The summed E-state index contributed by atoms with van der Waals surface area (Å²) in [4.78, 5) is 26.2. The zero-order chi connectivity index (χ0) is 15.1. The third-order valence-electron chi connectivity index (χ3n) is 3.53. The van der Waals surface area contributed by atoms with Crippen LogP contribution in [-0.2, 0) is 14.3 Å². The van der Waals surface area contributed by atoms with Crippen LogP contribution in [0.3, 0.4) is 0 Å². The number of hydrogen-bond donors (Lipinski definition) is 1. The van der Waals surface area contributed by atoms with E-state index in [2.05, 4.69) is 19.2 Å². The zero-order valence-electron chi connectivity index (χ0n) is 13.1. The number of amides is 2. The van der Waals surface area contributed by atoms with Gasteiger partial charge in [0.25, 0.3) is 0 Å². The minimum Gasteiger partial charge on any atom is -0.382 e. The molecule has 1 saturated heterocycles. The number of carbonyl (C=O) groups is 2. The summed E-state index contributed by atoms with van der Waals surface area (Å²) in [5.74, 6) is 0.403. The minimum atomic E-state index is -0.375. The van der Waals surface area contributed by atoms with Gasteiger partial charge in [0.05, 0.1) is 0 Å². The molecule has 20 heavy (non-hydrogen) atoms. The zero-order valence-corrected chi connectivity index (χ0v) is 13.1. The Hall–Kier alpha value is -1.10. The fraction of sp³-hybridized carbons (Fsp3) is 0.867. The summed E-state index contributed by atoms with van der Waals surface area (Å²) in [6.07, 6.45) is 1.89. The maximum Gasteiger partial charge on any atom is 0.245 e. The summed E-state index contributed by atoms with van der Waals surface area (Å²) in [6.45, 7) is 10.0. The highest BCUT2D eigenvalue weighted by Gasteiger charge is 2.33. The van der Waals surface area contributed by atoms with Crippen LogP contribution in [0.4, 0.5) is 0 Å². The van der Waals surface area contributed by atoms with E-state index in [-0.39, 0.29) is 23.9 Å². The fourth-order valence-corrected chi connectivity index (χ4v) is 2.55. The van der Waals surface area contributed by atoms with Gasteiger partial charge in [0.2, 0.25) is 11.8 Å². The molecule has 1 N–H and O–H groups in total. The van der Waals surface area contributed by atoms with E-state index in [4.69, 9.17) is 4.74 Å². The molecule has 0 bridgehead atoms. The average Bonchev–Trinajstić information content (AvgIpc) is 2.44. The van der Waals surface area contributed by atoms with Crippen molar-refractivity contribution in [2.45, 2.75) is 59.0 Å². The van der Waals surface area contributed by atoms with E-state index in [1.54, 1.807) is 0 Å². The lowest BCUT2D eigenvalue weighted by atomic mass is 10.0. The molecule has 0 aliphatic carbocycles. The molecule has 2 amide bonds. The van der Waals surface area contributed by atoms with Crippen LogP contribution >= 0.6 is 0 Å². The first-order chi connectivity index (χ1) is 9.45. The Balaban J connectivity index is 2.67. The van der Waals surface area contributed by atoms with Crippen molar-refractivity contribution in [2.75, 3.05) is 19.8 Å². The molecule has 0 spiro atoms. The van der Waals surface area contributed by atoms with Gasteiger partial charge in [0, 0.05) is 32.2 Å². The Morgan fingerprint density at radius 2 is 2.10 bits per heavy atom. The smallest absolute Gasteiger partial charge is 0.245 e. The lowest BCUT2D eigenvalue weighted by molar-refractivity contribution is -0.135. The molecule has 2 atom stereocenters. The van der Waals surface area contributed by atoms with Crippen LogP contribution in [0.2, 0.25) is 0 Å². The van der Waals surface area contributed by atoms with E-state index >= 15 is 0 Å². The van der Waals surface area contributed by atoms with Crippen LogP contribution in [0.1, 0.15) is 47.0 Å². The highest BCUT2D eigenvalue weighted by Crippen LogP contribution is 2.16. The molecule has 0 aromatic heterocycles. The fourth-order valence-electron chi connectivity index (χ4n) is 2.55. The summed E-state index contributed by atoms with van der Waals surface area (Å²) in [5, 5.41) is 2.86. The van der Waals surface area contributed by atoms with Crippen molar-refractivity contribution in [3.63, 3.8) is 0 Å². The molecule has 1 fully saturated rings. The molecule has 5 nitrogen and oxygen atoms in total. The van der Waals surface area contributed by atoms with E-state index in [9.17, 15) is 9.59 Å². The first-order valence-corrected chi connectivity index (χ1v) is 7.63. The number of hydrogen-bond acceptors (Lipinski definition) is 3. The molecular formula is C15H28N2O3. The minimum absolute atomic E-state index is 0.0243. The summed E-state index contributed by atoms with van der Waals surface area (Å²) >= 11 is 0. The molecule has 116 valence electrons. The number of nitrogens with zero attached hydrogens (tertiary/aromatic N) is 1. The summed E-state index contributed by atoms with van der Waals surface area (Å²) in [7, 11) is 0. The number of nitrogens with one attached hydrogen (secondary N) is 1. The molecular weight excluding hydrogens is 256 g/mol. The maximum absolute atomic E-state index is 12.6. The van der Waals surface area contributed by atoms with Crippen LogP contribution < -0.4 is 5.32 Å². The van der Waals surface area contributed by atoms with Crippen LogP contribution in [0, 0.1) is 5.92 Å². The highest BCUT2D eigenvalue weighted by molar-refractivity contribution is 5.90. The van der Waals surface area contributed by atoms with Gasteiger partial charge >= 0.3 is 0 Å². The van der Waals surface area contributed by atoms with Crippen LogP contribution in [0.15, 0.2) is 0 Å². The van der Waals surface area contributed by atoms with E-state index < -0.39 is 0 Å². The molecule has 0 aromatic rings. The van der Waals surface area contributed by atoms with Crippen molar-refractivity contribution in [3.8, 4) is 0 Å². The molecule has 1 aliphatic heterocycles. The number of carbonyl (C=O) groups excluding carboxylic acids is 2. The van der Waals surface area contributed by atoms with Crippen molar-refractivity contribution < 1.29 is 14.3 Å². The topological polar surface area (TPSA) is 58.6 Å². The molecule has 0 aromatic carbocycles. The second-order valence-corrected chi connectivity index (χ2v) is 5.88. The van der Waals surface area contributed by atoms with Gasteiger partial charge in [-0.05, 0) is 32.6 Å². The van der Waals surface area contributed by atoms with Gasteiger partial charge in [-0.1, -0.05) is 13.8 Å². The maximum atomic E-state index is 12.6. The molecule has 5 heteroatoms. The van der Waals surface area contributed by atoms with E-state index in [1.807, 2.05) is 18.7 Å². The van der Waals surface area contributed by atoms with Gasteiger partial charge in [-0.2, -0.15) is 0 Å². The van der Waals surface area contributed by atoms with Gasteiger partial charge in [0.15, 0.2) is 0 Å². The summed E-state index contributed by atoms with van der Waals surface area (Å²) < 4.78 is 5.32. The van der Waals surface area contributed by atoms with Gasteiger partial charge in [0.1, 0.15) is 6.04 Å². The average molecular weight is 284 g/mol. The van der Waals surface area contributed by atoms with Crippen LogP contribution in [0.5, 0.6) is 0 Å². The lowest BCUT2D eigenvalue weighted by Gasteiger charge is -2.29. The molecule has 1 heterocycles. The van der Waals surface area contributed by atoms with Crippen molar-refractivity contribution in [2.24, 2.45) is 5.92 Å². The van der Waals surface area contributed by atoms with E-state index in [0.29, 0.717) is 38.5 Å². The van der Waals surface area contributed by atoms with E-state index in [0.717, 1.165) is 6.42 Å². The van der Waals surface area contributed by atoms with Crippen molar-refractivity contribution in [3.05, 3.63) is 0 Å². The first kappa shape index (κ1) is 17.0. The van der Waals surface area contributed by atoms with Gasteiger partial charge in [-0.3, -0.25) is 9.59 Å². The number of ether oxygens (including phenoxy) is 1. The molecule has 1 rings (SSSR count). The monoisotopic (exact) mass is 284 g/mol. The quantitative estimate of drug-likeness (QED) is 0.722. The lowest BCUT2D eigenvalue weighted by Crippen LogP contribution is -2.47. The predicted octanol–water partition coefficient (Wildman–Crippen LogP) is 1.56. The van der Waals surface area contributed by atoms with Gasteiger partial charge in [-0.15, -0.1) is 0 Å². The Morgan fingerprint density at radius 3 is 2.70 bits per heavy atom. The Bertz CT molecular complexity index is 331. The Morgan fingerprint density at radius 1 is 1.40 bits per heavy atom. The Labute approximate surface area is 122 Å². The normalized spacial score (nSPS) is 23.9. The molecule has 2 unspecified atom stereocenters. The first-order valence-electron chi connectivity index (χ1n) is 7.63. The van der Waals surface area contributed by atoms with Crippen LogP contribution in [0.25, 0.3) is 0 Å². The molecule has 0 radical (unpaired) electrons. The largest absolute Gasteiger partial charge is 0.382 e. The third kappa shape index (κ3) is 5.12. The predicted molar refractivity (Wildman–Crippen MR) is 78.3 cm³/mol. The van der Waals surface area contributed by atoms with Gasteiger partial charge < -0.3 is 15.0 Å². The summed E-state index contributed by atoms with van der Waals surface area (Å²) in [6, 6.07) is -0.416. The second kappa shape index (κ2) is 8.25. The highest BCUT2D eigenvalue weighted by atomic mass is 16.5. The Kier molecular flexibility index (Phi) is 6.99. The van der Waals surface area contributed by atoms with Gasteiger partial charge in [-0.25, -0.2) is 0 Å². The second-order valence-electron chi connectivity index (χ2n) is 5.88. The summed E-state index contributed by atoms with van der Waals surface area (Å²) in [5.41, 5.74) is 0. The SMILES string of the molecule is CCOCCCN1C(=O)C(CC(C)C)NC(=O)CC1C. The standard InChI is InChI=1S/C15H28N2O3/c1-5-20-8-6-7-17-12(4)10-14(18)16-13(15(17)19)9-11(2)3/h11-13H,5-10H2,1-4H3,(H,16,18). The third-order valence-corrected chi connectivity index (χ3v) is 3.53. The van der Waals surface area contributed by atoms with Crippen molar-refractivity contribution in [1.82, 2.24) is 10.2 Å². The molecule has 1 aliphatic rings. The van der Waals surface area contributed by atoms with E-state index in [1.165, 1.54) is 0 Å². The van der Waals surface area contributed by atoms with Crippen molar-refractivity contribution in [1.29, 1.82) is 0 Å². The van der Waals surface area contributed by atoms with Crippen LogP contribution in [-0.4, -0.2) is 48.6 Å². The molecule has 0 saturated carbocycles. The number of rotatable bonds is 7. The van der Waals surface area contributed by atoms with Crippen molar-refractivity contribution >= 4 is 11.8 Å².